The van der Waals surface area contributed by atoms with Crippen LogP contribution in [0, 0.1) is 13.8 Å². The standard InChI is InChI=1S/C26H32N/c1-17(2)21-11-10-18(3)25(16-21)26-24-13-12-22(20-8-6-7-9-20)15-23(24)14-19(4)27(26)5/h10-17,20H,6-9H2,1-5H3/q+1/i14D. The van der Waals surface area contributed by atoms with Gasteiger partial charge in [0.05, 0.1) is 6.76 Å². The van der Waals surface area contributed by atoms with Gasteiger partial charge in [-0.05, 0) is 65.8 Å². The summed E-state index contributed by atoms with van der Waals surface area (Å²) >= 11 is 0. The summed E-state index contributed by atoms with van der Waals surface area (Å²) in [6.07, 6.45) is 5.26. The minimum atomic E-state index is 0.501. The number of hydrogen-bond acceptors (Lipinski definition) is 0. The Bertz CT molecular complexity index is 1040. The van der Waals surface area contributed by atoms with Crippen LogP contribution in [0.1, 0.15) is 75.1 Å². The summed E-state index contributed by atoms with van der Waals surface area (Å²) in [4.78, 5) is 0. The fraction of sp³-hybridized carbons (Fsp3) is 0.423. The Balaban J connectivity index is 2.00. The average Bonchev–Trinajstić information content (AvgIpc) is 3.22. The van der Waals surface area contributed by atoms with E-state index in [1.54, 1.807) is 0 Å². The van der Waals surface area contributed by atoms with Crippen molar-refractivity contribution in [2.75, 3.05) is 0 Å². The second-order valence-corrected chi connectivity index (χ2v) is 8.63. The van der Waals surface area contributed by atoms with Crippen LogP contribution in [0.2, 0.25) is 0 Å². The van der Waals surface area contributed by atoms with Crippen molar-refractivity contribution < 1.29 is 5.94 Å². The van der Waals surface area contributed by atoms with Gasteiger partial charge in [-0.25, -0.2) is 0 Å². The normalized spacial score (nSPS) is 15.7. The first-order chi connectivity index (χ1) is 13.4. The van der Waals surface area contributed by atoms with Gasteiger partial charge in [0.1, 0.15) is 7.05 Å². The zero-order valence-corrected chi connectivity index (χ0v) is 17.4. The van der Waals surface area contributed by atoms with Crippen LogP contribution >= 0.6 is 0 Å². The van der Waals surface area contributed by atoms with E-state index in [4.69, 9.17) is 1.37 Å². The highest BCUT2D eigenvalue weighted by atomic mass is 14.9. The van der Waals surface area contributed by atoms with Crippen molar-refractivity contribution in [3.63, 3.8) is 0 Å². The topological polar surface area (TPSA) is 3.88 Å². The van der Waals surface area contributed by atoms with Gasteiger partial charge in [0.15, 0.2) is 5.69 Å². The SMILES string of the molecule is [2H]c1c(C)[n+](C)c(-c2cc(C(C)C)ccc2C)c2ccc(C3CCCC3)cc12. The maximum atomic E-state index is 8.80. The molecule has 1 aliphatic carbocycles. The van der Waals surface area contributed by atoms with Crippen LogP contribution in [0.25, 0.3) is 22.0 Å². The Morgan fingerprint density at radius 2 is 1.78 bits per heavy atom. The lowest BCUT2D eigenvalue weighted by atomic mass is 9.91. The van der Waals surface area contributed by atoms with Crippen LogP contribution in [0.4, 0.5) is 0 Å². The number of pyridine rings is 1. The summed E-state index contributed by atoms with van der Waals surface area (Å²) in [5.74, 6) is 1.17. The molecule has 0 bridgehead atoms. The molecule has 0 spiro atoms. The van der Waals surface area contributed by atoms with Gasteiger partial charge < -0.3 is 0 Å². The predicted molar refractivity (Wildman–Crippen MR) is 115 cm³/mol. The third-order valence-corrected chi connectivity index (χ3v) is 6.46. The van der Waals surface area contributed by atoms with Gasteiger partial charge in [0.25, 0.3) is 0 Å². The van der Waals surface area contributed by atoms with Gasteiger partial charge in [-0.1, -0.05) is 51.0 Å². The van der Waals surface area contributed by atoms with Gasteiger partial charge >= 0.3 is 0 Å². The number of fused-ring (bicyclic) bond motifs is 1. The lowest BCUT2D eigenvalue weighted by Crippen LogP contribution is -2.35. The molecule has 0 N–H and O–H groups in total. The third-order valence-electron chi connectivity index (χ3n) is 6.46. The molecule has 3 aromatic rings. The van der Waals surface area contributed by atoms with E-state index >= 15 is 0 Å². The molecule has 0 aliphatic heterocycles. The third kappa shape index (κ3) is 3.29. The first-order valence-electron chi connectivity index (χ1n) is 10.9. The Labute approximate surface area is 165 Å². The molecule has 2 aromatic carbocycles. The van der Waals surface area contributed by atoms with Crippen molar-refractivity contribution >= 4 is 10.8 Å². The zero-order valence-electron chi connectivity index (χ0n) is 18.4. The molecule has 0 unspecified atom stereocenters. The van der Waals surface area contributed by atoms with E-state index in [1.807, 2.05) is 0 Å². The monoisotopic (exact) mass is 359 g/mol. The van der Waals surface area contributed by atoms with Gasteiger partial charge in [0.2, 0.25) is 5.69 Å². The first-order valence-corrected chi connectivity index (χ1v) is 10.4. The van der Waals surface area contributed by atoms with E-state index < -0.39 is 0 Å². The fourth-order valence-electron chi connectivity index (χ4n) is 4.59. The van der Waals surface area contributed by atoms with E-state index in [1.165, 1.54) is 59.0 Å². The highest BCUT2D eigenvalue weighted by Crippen LogP contribution is 2.37. The Kier molecular flexibility index (Phi) is 4.47. The van der Waals surface area contributed by atoms with E-state index in [2.05, 4.69) is 75.7 Å². The van der Waals surface area contributed by atoms with Gasteiger partial charge in [0, 0.05) is 18.5 Å². The fourth-order valence-corrected chi connectivity index (χ4v) is 4.59. The van der Waals surface area contributed by atoms with Crippen molar-refractivity contribution in [1.82, 2.24) is 0 Å². The highest BCUT2D eigenvalue weighted by Gasteiger charge is 2.22. The molecule has 1 heterocycles. The summed E-state index contributed by atoms with van der Waals surface area (Å²) in [5, 5.41) is 2.30. The van der Waals surface area contributed by atoms with Crippen molar-refractivity contribution in [1.29, 1.82) is 0 Å². The zero-order chi connectivity index (χ0) is 20.0. The maximum Gasteiger partial charge on any atom is 0.220 e. The Hall–Kier alpha value is -2.15. The van der Waals surface area contributed by atoms with Crippen LogP contribution in [0.3, 0.4) is 0 Å². The second kappa shape index (κ2) is 7.11. The molecule has 0 amide bonds. The number of aromatic nitrogens is 1. The number of rotatable bonds is 3. The lowest BCUT2D eigenvalue weighted by molar-refractivity contribution is -0.665. The molecule has 0 atom stereocenters. The smallest absolute Gasteiger partial charge is 0.198 e. The number of benzene rings is 2. The molecular formula is C26H32N+. The molecule has 140 valence electrons. The van der Waals surface area contributed by atoms with E-state index in [-0.39, 0.29) is 0 Å². The molecule has 27 heavy (non-hydrogen) atoms. The molecule has 1 aliphatic rings. The summed E-state index contributed by atoms with van der Waals surface area (Å²) < 4.78 is 11.0. The minimum absolute atomic E-state index is 0.501. The summed E-state index contributed by atoms with van der Waals surface area (Å²) in [6, 6.07) is 14.4. The quantitative estimate of drug-likeness (QED) is 0.456. The van der Waals surface area contributed by atoms with Crippen LogP contribution in [-0.4, -0.2) is 0 Å². The Morgan fingerprint density at radius 1 is 1.04 bits per heavy atom. The van der Waals surface area contributed by atoms with Crippen LogP contribution in [-0.2, 0) is 7.05 Å². The molecule has 1 fully saturated rings. The Morgan fingerprint density at radius 3 is 2.48 bits per heavy atom. The van der Waals surface area contributed by atoms with Crippen molar-refractivity contribution in [2.24, 2.45) is 7.05 Å². The molecule has 0 saturated heterocycles. The van der Waals surface area contributed by atoms with Crippen molar-refractivity contribution in [2.45, 2.75) is 65.2 Å². The highest BCUT2D eigenvalue weighted by molar-refractivity contribution is 5.94. The molecule has 1 heteroatoms. The number of nitrogens with zero attached hydrogens (tertiary/aromatic N) is 1. The van der Waals surface area contributed by atoms with Crippen LogP contribution < -0.4 is 4.57 Å². The largest absolute Gasteiger partial charge is 0.220 e. The molecule has 1 saturated carbocycles. The molecular weight excluding hydrogens is 326 g/mol. The summed E-state index contributed by atoms with van der Waals surface area (Å²) in [6.45, 7) is 8.77. The van der Waals surface area contributed by atoms with E-state index in [0.29, 0.717) is 17.9 Å². The lowest BCUT2D eigenvalue weighted by Gasteiger charge is -2.15. The molecule has 0 radical (unpaired) electrons. The van der Waals surface area contributed by atoms with Gasteiger partial charge in [-0.3, -0.25) is 0 Å². The first kappa shape index (κ1) is 17.0. The molecule has 1 aromatic heterocycles. The van der Waals surface area contributed by atoms with Gasteiger partial charge in [-0.2, -0.15) is 4.57 Å². The number of aryl methyl sites for hydroxylation is 1. The molecule has 4 rings (SSSR count). The van der Waals surface area contributed by atoms with Crippen LogP contribution in [0.5, 0.6) is 0 Å². The second-order valence-electron chi connectivity index (χ2n) is 8.63. The summed E-state index contributed by atoms with van der Waals surface area (Å²) in [5.41, 5.74) is 7.63. The van der Waals surface area contributed by atoms with Crippen molar-refractivity contribution in [3.8, 4) is 11.3 Å². The summed E-state index contributed by atoms with van der Waals surface area (Å²) in [7, 11) is 2.11. The minimum Gasteiger partial charge on any atom is -0.198 e. The number of hydrogen-bond donors (Lipinski definition) is 0. The average molecular weight is 360 g/mol. The van der Waals surface area contributed by atoms with Gasteiger partial charge in [-0.15, -0.1) is 0 Å². The van der Waals surface area contributed by atoms with E-state index in [0.717, 1.165) is 11.1 Å². The van der Waals surface area contributed by atoms with Crippen molar-refractivity contribution in [3.05, 3.63) is 64.8 Å². The van der Waals surface area contributed by atoms with E-state index in [9.17, 15) is 0 Å². The molecule has 1 nitrogen and oxygen atoms in total. The maximum absolute atomic E-state index is 8.80. The predicted octanol–water partition coefficient (Wildman–Crippen LogP) is 6.73. The van der Waals surface area contributed by atoms with Crippen LogP contribution in [0.15, 0.2) is 42.4 Å².